The summed E-state index contributed by atoms with van der Waals surface area (Å²) < 4.78 is 4.97. The van der Waals surface area contributed by atoms with Crippen molar-refractivity contribution in [2.75, 3.05) is 0 Å². The minimum Gasteiger partial charge on any atom is -0.200 e. The molecule has 4 aromatic carbocycles. The predicted octanol–water partition coefficient (Wildman–Crippen LogP) is 7.67. The van der Waals surface area contributed by atoms with Crippen molar-refractivity contribution < 1.29 is 4.57 Å². The molecule has 0 amide bonds. The van der Waals surface area contributed by atoms with Gasteiger partial charge in [-0.25, -0.2) is 4.57 Å². The molecule has 0 saturated heterocycles. The second-order valence-electron chi connectivity index (χ2n) is 8.18. The third-order valence-electron chi connectivity index (χ3n) is 6.25. The Labute approximate surface area is 185 Å². The molecule has 0 N–H and O–H groups in total. The van der Waals surface area contributed by atoms with Crippen molar-refractivity contribution in [3.63, 3.8) is 0 Å². The van der Waals surface area contributed by atoms with Crippen LogP contribution >= 0.6 is 11.3 Å². The molecule has 148 valence electrons. The Kier molecular flexibility index (Phi) is 4.15. The molecule has 1 nitrogen and oxygen atoms in total. The maximum atomic E-state index is 2.36. The minimum atomic E-state index is 1.26. The van der Waals surface area contributed by atoms with Crippen LogP contribution in [0, 0.1) is 6.92 Å². The van der Waals surface area contributed by atoms with Crippen molar-refractivity contribution in [2.24, 2.45) is 7.05 Å². The summed E-state index contributed by atoms with van der Waals surface area (Å²) in [4.78, 5) is 0. The number of pyridine rings is 1. The Morgan fingerprint density at radius 3 is 2.32 bits per heavy atom. The number of hydrogen-bond acceptors (Lipinski definition) is 1. The number of thiophene rings is 1. The maximum absolute atomic E-state index is 2.36. The molecule has 31 heavy (non-hydrogen) atoms. The van der Waals surface area contributed by atoms with E-state index in [4.69, 9.17) is 0 Å². The van der Waals surface area contributed by atoms with Crippen LogP contribution in [0.4, 0.5) is 0 Å². The highest BCUT2D eigenvalue weighted by Crippen LogP contribution is 2.42. The van der Waals surface area contributed by atoms with E-state index in [0.29, 0.717) is 0 Å². The van der Waals surface area contributed by atoms with Gasteiger partial charge in [0.25, 0.3) is 0 Å². The van der Waals surface area contributed by atoms with Crippen LogP contribution in [0.2, 0.25) is 0 Å². The molecule has 0 fully saturated rings. The summed E-state index contributed by atoms with van der Waals surface area (Å²) in [5, 5.41) is 5.32. The number of fused-ring (bicyclic) bond motifs is 5. The van der Waals surface area contributed by atoms with Crippen LogP contribution in [0.1, 0.15) is 5.56 Å². The van der Waals surface area contributed by atoms with Gasteiger partial charge in [-0.1, -0.05) is 72.8 Å². The zero-order valence-electron chi connectivity index (χ0n) is 17.6. The molecule has 0 atom stereocenters. The number of aryl methyl sites for hydroxylation is 2. The SMILES string of the molecule is Cc1ccccc1-c1c2c(cc[n+]1C)sc1c3cc(-c4ccccc4)ccc3ccc12. The monoisotopic (exact) mass is 416 g/mol. The van der Waals surface area contributed by atoms with Gasteiger partial charge in [0.15, 0.2) is 6.20 Å². The van der Waals surface area contributed by atoms with E-state index in [0.717, 1.165) is 0 Å². The van der Waals surface area contributed by atoms with Gasteiger partial charge in [-0.15, -0.1) is 11.3 Å². The van der Waals surface area contributed by atoms with Gasteiger partial charge >= 0.3 is 0 Å². The first-order valence-corrected chi connectivity index (χ1v) is 11.4. The molecule has 6 aromatic rings. The van der Waals surface area contributed by atoms with Gasteiger partial charge in [0.2, 0.25) is 5.69 Å². The molecule has 0 aliphatic rings. The zero-order valence-corrected chi connectivity index (χ0v) is 18.4. The first-order chi connectivity index (χ1) is 15.2. The van der Waals surface area contributed by atoms with E-state index in [1.54, 1.807) is 0 Å². The number of nitrogens with zero attached hydrogens (tertiary/aromatic N) is 1. The Balaban J connectivity index is 1.71. The van der Waals surface area contributed by atoms with Crippen LogP contribution in [0.3, 0.4) is 0 Å². The highest BCUT2D eigenvalue weighted by molar-refractivity contribution is 7.26. The van der Waals surface area contributed by atoms with Gasteiger partial charge in [-0.2, -0.15) is 0 Å². The van der Waals surface area contributed by atoms with Crippen LogP contribution in [0.15, 0.2) is 97.2 Å². The lowest BCUT2D eigenvalue weighted by molar-refractivity contribution is -0.659. The van der Waals surface area contributed by atoms with Crippen LogP contribution in [-0.4, -0.2) is 0 Å². The minimum absolute atomic E-state index is 1.26. The van der Waals surface area contributed by atoms with E-state index in [2.05, 4.69) is 116 Å². The second-order valence-corrected chi connectivity index (χ2v) is 9.23. The van der Waals surface area contributed by atoms with Gasteiger partial charge in [0.1, 0.15) is 7.05 Å². The summed E-state index contributed by atoms with van der Waals surface area (Å²) in [5.41, 5.74) is 6.42. The third-order valence-corrected chi connectivity index (χ3v) is 7.45. The van der Waals surface area contributed by atoms with Crippen LogP contribution in [0.5, 0.6) is 0 Å². The van der Waals surface area contributed by atoms with E-state index < -0.39 is 0 Å². The lowest BCUT2D eigenvalue weighted by Crippen LogP contribution is -2.30. The number of rotatable bonds is 2. The largest absolute Gasteiger partial charge is 0.221 e. The first kappa shape index (κ1) is 18.3. The van der Waals surface area contributed by atoms with Gasteiger partial charge < -0.3 is 0 Å². The number of benzene rings is 4. The average molecular weight is 417 g/mol. The molecule has 2 heteroatoms. The quantitative estimate of drug-likeness (QED) is 0.255. The summed E-state index contributed by atoms with van der Waals surface area (Å²) in [5.74, 6) is 0. The Bertz CT molecular complexity index is 1590. The van der Waals surface area contributed by atoms with Crippen molar-refractivity contribution in [3.8, 4) is 22.4 Å². The van der Waals surface area contributed by atoms with Gasteiger partial charge in [-0.05, 0) is 41.1 Å². The fraction of sp³-hybridized carbons (Fsp3) is 0.0690. The summed E-state index contributed by atoms with van der Waals surface area (Å²) in [7, 11) is 2.15. The molecule has 0 spiro atoms. The molecule has 0 aliphatic carbocycles. The predicted molar refractivity (Wildman–Crippen MR) is 134 cm³/mol. The highest BCUT2D eigenvalue weighted by Gasteiger charge is 2.21. The molecular weight excluding hydrogens is 394 g/mol. The van der Waals surface area contributed by atoms with E-state index in [1.807, 2.05) is 11.3 Å². The molecule has 2 aromatic heterocycles. The fourth-order valence-corrected chi connectivity index (χ4v) is 5.88. The van der Waals surface area contributed by atoms with Crippen molar-refractivity contribution in [2.45, 2.75) is 6.92 Å². The van der Waals surface area contributed by atoms with E-state index in [1.165, 1.54) is 58.9 Å². The van der Waals surface area contributed by atoms with Crippen LogP contribution in [-0.2, 0) is 7.05 Å². The summed E-state index contributed by atoms with van der Waals surface area (Å²) in [6.07, 6.45) is 2.19. The highest BCUT2D eigenvalue weighted by atomic mass is 32.1. The molecular formula is C29H22NS+. The summed E-state index contributed by atoms with van der Waals surface area (Å²) >= 11 is 1.91. The second kappa shape index (κ2) is 7.04. The smallest absolute Gasteiger partial charge is 0.200 e. The van der Waals surface area contributed by atoms with E-state index >= 15 is 0 Å². The van der Waals surface area contributed by atoms with E-state index in [9.17, 15) is 0 Å². The van der Waals surface area contributed by atoms with Gasteiger partial charge in [0, 0.05) is 31.8 Å². The first-order valence-electron chi connectivity index (χ1n) is 10.6. The topological polar surface area (TPSA) is 3.88 Å². The molecule has 0 saturated carbocycles. The molecule has 2 heterocycles. The number of hydrogen-bond donors (Lipinski definition) is 0. The molecule has 0 radical (unpaired) electrons. The Morgan fingerprint density at radius 2 is 1.48 bits per heavy atom. The van der Waals surface area contributed by atoms with Crippen LogP contribution in [0.25, 0.3) is 53.3 Å². The van der Waals surface area contributed by atoms with Crippen molar-refractivity contribution >= 4 is 42.3 Å². The van der Waals surface area contributed by atoms with Gasteiger partial charge in [-0.3, -0.25) is 0 Å². The fourth-order valence-electron chi connectivity index (χ4n) is 4.66. The standard InChI is InChI=1S/C29H22NS/c1-19-8-6-7-11-23(19)28-27-24-15-14-21-12-13-22(20-9-4-3-5-10-20)18-25(21)29(24)31-26(27)16-17-30(28)2/h3-18H,1-2H3/q+1. The zero-order chi connectivity index (χ0) is 20.9. The van der Waals surface area contributed by atoms with Crippen LogP contribution < -0.4 is 4.57 Å². The third kappa shape index (κ3) is 2.87. The Morgan fingerprint density at radius 1 is 0.710 bits per heavy atom. The lowest BCUT2D eigenvalue weighted by Gasteiger charge is -2.07. The summed E-state index contributed by atoms with van der Waals surface area (Å²) in [6.45, 7) is 2.20. The molecule has 0 unspecified atom stereocenters. The van der Waals surface area contributed by atoms with Gasteiger partial charge in [0.05, 0.1) is 5.39 Å². The number of aromatic nitrogens is 1. The lowest BCUT2D eigenvalue weighted by atomic mass is 9.97. The molecule has 6 rings (SSSR count). The normalized spacial score (nSPS) is 11.5. The van der Waals surface area contributed by atoms with E-state index in [-0.39, 0.29) is 0 Å². The molecule has 0 aliphatic heterocycles. The maximum Gasteiger partial charge on any atom is 0.221 e. The van der Waals surface area contributed by atoms with Crippen molar-refractivity contribution in [1.29, 1.82) is 0 Å². The van der Waals surface area contributed by atoms with Crippen molar-refractivity contribution in [1.82, 2.24) is 0 Å². The average Bonchev–Trinajstić information content (AvgIpc) is 3.19. The molecule has 0 bridgehead atoms. The Hall–Kier alpha value is -3.49. The summed E-state index contributed by atoms with van der Waals surface area (Å²) in [6, 6.07) is 33.0. The van der Waals surface area contributed by atoms with Crippen molar-refractivity contribution in [3.05, 3.63) is 103 Å².